The van der Waals surface area contributed by atoms with E-state index in [0.29, 0.717) is 5.69 Å². The normalized spacial score (nSPS) is 30.8. The van der Waals surface area contributed by atoms with Crippen LogP contribution in [-0.2, 0) is 19.1 Å². The number of ether oxygens (including phenoxy) is 1. The molecule has 2 N–H and O–H groups in total. The number of rotatable bonds is 6. The van der Waals surface area contributed by atoms with Crippen molar-refractivity contribution in [1.29, 1.82) is 0 Å². The number of likely N-dealkylation sites (tertiary alicyclic amines) is 1. The van der Waals surface area contributed by atoms with Gasteiger partial charge in [-0.3, -0.25) is 14.4 Å². The minimum atomic E-state index is -1.17. The van der Waals surface area contributed by atoms with E-state index in [4.69, 9.17) is 4.74 Å². The van der Waals surface area contributed by atoms with Crippen molar-refractivity contribution in [3.63, 3.8) is 0 Å². The van der Waals surface area contributed by atoms with Crippen LogP contribution in [0.25, 0.3) is 0 Å². The predicted octanol–water partition coefficient (Wildman–Crippen LogP) is 4.29. The first-order valence-corrected chi connectivity index (χ1v) is 13.8. The third-order valence-electron chi connectivity index (χ3n) is 8.83. The number of hydrogen-bond acceptors (Lipinski definition) is 4. The Labute approximate surface area is 223 Å². The average Bonchev–Trinajstić information content (AvgIpc) is 3.58. The van der Waals surface area contributed by atoms with Gasteiger partial charge in [-0.1, -0.05) is 79.4 Å². The van der Waals surface area contributed by atoms with Crippen LogP contribution in [0.1, 0.15) is 56.2 Å². The maximum Gasteiger partial charge on any atom is 0.246 e. The van der Waals surface area contributed by atoms with E-state index in [1.807, 2.05) is 80.6 Å². The number of benzene rings is 2. The molecular formula is C31H35N3O4. The highest BCUT2D eigenvalue weighted by Gasteiger charge is 2.73. The molecular weight excluding hydrogens is 478 g/mol. The second-order valence-corrected chi connectivity index (χ2v) is 11.2. The maximum absolute atomic E-state index is 14.3. The molecule has 4 aliphatic rings. The Morgan fingerprint density at radius 2 is 1.71 bits per heavy atom. The number of nitrogens with zero attached hydrogens (tertiary/aromatic N) is 1. The smallest absolute Gasteiger partial charge is 0.246 e. The summed E-state index contributed by atoms with van der Waals surface area (Å²) in [6, 6.07) is 16.2. The molecule has 198 valence electrons. The second-order valence-electron chi connectivity index (χ2n) is 11.2. The minimum absolute atomic E-state index is 0.0962. The van der Waals surface area contributed by atoms with Crippen LogP contribution in [0.4, 0.5) is 5.69 Å². The van der Waals surface area contributed by atoms with Crippen molar-refractivity contribution >= 4 is 23.4 Å². The van der Waals surface area contributed by atoms with Gasteiger partial charge in [0, 0.05) is 11.7 Å². The van der Waals surface area contributed by atoms with E-state index in [1.54, 1.807) is 4.90 Å². The quantitative estimate of drug-likeness (QED) is 0.564. The molecule has 1 spiro atoms. The van der Waals surface area contributed by atoms with Gasteiger partial charge in [0.25, 0.3) is 0 Å². The van der Waals surface area contributed by atoms with E-state index >= 15 is 0 Å². The third-order valence-corrected chi connectivity index (χ3v) is 8.83. The first kappa shape index (κ1) is 24.9. The van der Waals surface area contributed by atoms with Crippen LogP contribution >= 0.6 is 0 Å². The van der Waals surface area contributed by atoms with Crippen LogP contribution in [-0.4, -0.2) is 46.4 Å². The molecule has 3 fully saturated rings. The Kier molecular flexibility index (Phi) is 6.34. The van der Waals surface area contributed by atoms with Gasteiger partial charge in [-0.25, -0.2) is 0 Å². The number of fused-ring (bicyclic) bond motifs is 1. The predicted molar refractivity (Wildman–Crippen MR) is 144 cm³/mol. The summed E-state index contributed by atoms with van der Waals surface area (Å²) in [4.78, 5) is 43.6. The van der Waals surface area contributed by atoms with Crippen LogP contribution < -0.4 is 10.6 Å². The number of amides is 3. The lowest BCUT2D eigenvalue weighted by atomic mass is 9.74. The highest BCUT2D eigenvalue weighted by molar-refractivity contribution is 6.03. The van der Waals surface area contributed by atoms with Crippen LogP contribution in [0, 0.1) is 18.8 Å². The number of hydrogen-bond donors (Lipinski definition) is 2. The van der Waals surface area contributed by atoms with Crippen molar-refractivity contribution in [2.45, 2.75) is 75.8 Å². The monoisotopic (exact) mass is 513 g/mol. The van der Waals surface area contributed by atoms with Crippen molar-refractivity contribution in [2.24, 2.45) is 11.8 Å². The standard InChI is InChI=1S/C31H35N3O4/c1-19-13-15-23(16-14-19)32-28(35)25-24-17-18-31(38-24)26(25)30(37)34(20(2)21-9-5-3-6-10-21)27(31)29(36)33-22-11-7-4-8-12-22/h3,5-6,9-10,13-18,20,22,24-27H,4,7-8,11-12H2,1-2H3,(H,32,35)(H,33,36)/t20-,24+,25-,26+,27+,31+/m0/s1. The molecule has 3 aliphatic heterocycles. The third kappa shape index (κ3) is 4.04. The zero-order valence-corrected chi connectivity index (χ0v) is 21.9. The van der Waals surface area contributed by atoms with Crippen molar-refractivity contribution in [2.75, 3.05) is 5.32 Å². The summed E-state index contributed by atoms with van der Waals surface area (Å²) < 4.78 is 6.49. The molecule has 7 nitrogen and oxygen atoms in total. The van der Waals surface area contributed by atoms with Crippen molar-refractivity contribution in [1.82, 2.24) is 10.2 Å². The van der Waals surface area contributed by atoms with Gasteiger partial charge in [0.05, 0.1) is 24.0 Å². The van der Waals surface area contributed by atoms with Gasteiger partial charge < -0.3 is 20.3 Å². The highest BCUT2D eigenvalue weighted by atomic mass is 16.5. The minimum Gasteiger partial charge on any atom is -0.359 e. The molecule has 38 heavy (non-hydrogen) atoms. The van der Waals surface area contributed by atoms with E-state index in [2.05, 4.69) is 10.6 Å². The Morgan fingerprint density at radius 3 is 2.42 bits per heavy atom. The topological polar surface area (TPSA) is 87.7 Å². The van der Waals surface area contributed by atoms with Gasteiger partial charge in [0.2, 0.25) is 17.7 Å². The van der Waals surface area contributed by atoms with Gasteiger partial charge in [-0.05, 0) is 44.4 Å². The van der Waals surface area contributed by atoms with E-state index in [-0.39, 0.29) is 29.8 Å². The maximum atomic E-state index is 14.3. The Bertz CT molecular complexity index is 1250. The van der Waals surface area contributed by atoms with Crippen LogP contribution in [0.15, 0.2) is 66.7 Å². The zero-order chi connectivity index (χ0) is 26.4. The molecule has 6 rings (SSSR count). The zero-order valence-electron chi connectivity index (χ0n) is 21.9. The summed E-state index contributed by atoms with van der Waals surface area (Å²) in [5.74, 6) is -2.14. The number of nitrogens with one attached hydrogen (secondary N) is 2. The summed E-state index contributed by atoms with van der Waals surface area (Å²) in [7, 11) is 0. The molecule has 3 amide bonds. The fourth-order valence-corrected chi connectivity index (χ4v) is 6.91. The molecule has 7 heteroatoms. The van der Waals surface area contributed by atoms with Gasteiger partial charge in [0.15, 0.2) is 0 Å². The Balaban J connectivity index is 1.35. The number of aryl methyl sites for hydroxylation is 1. The molecule has 6 atom stereocenters. The molecule has 1 saturated carbocycles. The summed E-state index contributed by atoms with van der Waals surface area (Å²) >= 11 is 0. The summed E-state index contributed by atoms with van der Waals surface area (Å²) in [5.41, 5.74) is 1.54. The van der Waals surface area contributed by atoms with Gasteiger partial charge in [0.1, 0.15) is 11.6 Å². The van der Waals surface area contributed by atoms with Crippen molar-refractivity contribution < 1.29 is 19.1 Å². The number of anilines is 1. The molecule has 2 aromatic carbocycles. The van der Waals surface area contributed by atoms with E-state index in [1.165, 1.54) is 6.42 Å². The summed E-state index contributed by atoms with van der Waals surface area (Å²) in [6.07, 6.45) is 8.44. The summed E-state index contributed by atoms with van der Waals surface area (Å²) in [6.45, 7) is 3.94. The lowest BCUT2D eigenvalue weighted by molar-refractivity contribution is -0.143. The summed E-state index contributed by atoms with van der Waals surface area (Å²) in [5, 5.41) is 6.24. The van der Waals surface area contributed by atoms with Crippen molar-refractivity contribution in [3.05, 3.63) is 77.9 Å². The van der Waals surface area contributed by atoms with Gasteiger partial charge >= 0.3 is 0 Å². The molecule has 2 aromatic rings. The molecule has 2 saturated heterocycles. The van der Waals surface area contributed by atoms with E-state index in [0.717, 1.165) is 36.8 Å². The second kappa shape index (κ2) is 9.70. The van der Waals surface area contributed by atoms with Crippen LogP contribution in [0.5, 0.6) is 0 Å². The molecule has 3 heterocycles. The first-order valence-electron chi connectivity index (χ1n) is 13.8. The largest absolute Gasteiger partial charge is 0.359 e. The molecule has 0 aromatic heterocycles. The SMILES string of the molecule is Cc1ccc(NC(=O)[C@H]2[C@H]3C=C[C@@]4(O3)[C@H]2C(=O)N([C@@H](C)c2ccccc2)[C@@H]4C(=O)NC2CCCCC2)cc1. The molecule has 0 radical (unpaired) electrons. The van der Waals surface area contributed by atoms with E-state index < -0.39 is 29.6 Å². The van der Waals surface area contributed by atoms with Crippen LogP contribution in [0.3, 0.4) is 0 Å². The number of carbonyl (C=O) groups excluding carboxylic acids is 3. The molecule has 1 aliphatic carbocycles. The van der Waals surface area contributed by atoms with Crippen LogP contribution in [0.2, 0.25) is 0 Å². The first-order chi connectivity index (χ1) is 18.4. The Morgan fingerprint density at radius 1 is 1.00 bits per heavy atom. The fraction of sp³-hybridized carbons (Fsp3) is 0.452. The molecule has 0 unspecified atom stereocenters. The lowest BCUT2D eigenvalue weighted by Crippen LogP contribution is -2.56. The fourth-order valence-electron chi connectivity index (χ4n) is 6.91. The lowest BCUT2D eigenvalue weighted by Gasteiger charge is -2.37. The van der Waals surface area contributed by atoms with E-state index in [9.17, 15) is 14.4 Å². The van der Waals surface area contributed by atoms with Gasteiger partial charge in [-0.2, -0.15) is 0 Å². The average molecular weight is 514 g/mol. The highest BCUT2D eigenvalue weighted by Crippen LogP contribution is 2.56. The number of carbonyl (C=O) groups is 3. The van der Waals surface area contributed by atoms with Crippen molar-refractivity contribution in [3.8, 4) is 0 Å². The Hall–Kier alpha value is -3.45. The molecule has 2 bridgehead atoms. The van der Waals surface area contributed by atoms with Gasteiger partial charge in [-0.15, -0.1) is 0 Å².